The van der Waals surface area contributed by atoms with Gasteiger partial charge in [0.05, 0.1) is 9.82 Å². The topological polar surface area (TPSA) is 103 Å². The summed E-state index contributed by atoms with van der Waals surface area (Å²) in [5.74, 6) is 0. The molecule has 2 rings (SSSR count). The minimum Gasteiger partial charge on any atom is -0.326 e. The van der Waals surface area contributed by atoms with Crippen molar-refractivity contribution in [3.8, 4) is 0 Å². The zero-order valence-electron chi connectivity index (χ0n) is 10.7. The van der Waals surface area contributed by atoms with Crippen molar-refractivity contribution in [2.45, 2.75) is 16.3 Å². The van der Waals surface area contributed by atoms with Gasteiger partial charge in [0.2, 0.25) is 9.84 Å². The van der Waals surface area contributed by atoms with Gasteiger partial charge in [0.15, 0.2) is 0 Å². The van der Waals surface area contributed by atoms with Crippen molar-refractivity contribution in [2.24, 2.45) is 5.73 Å². The van der Waals surface area contributed by atoms with Gasteiger partial charge in [0.25, 0.3) is 5.69 Å². The number of rotatable bonds is 4. The maximum atomic E-state index is 12.7. The lowest BCUT2D eigenvalue weighted by Crippen LogP contribution is -2.10. The quantitative estimate of drug-likeness (QED) is 0.686. The van der Waals surface area contributed by atoms with Gasteiger partial charge >= 0.3 is 0 Å². The lowest BCUT2D eigenvalue weighted by atomic mass is 10.2. The van der Waals surface area contributed by atoms with Gasteiger partial charge in [0, 0.05) is 17.6 Å². The van der Waals surface area contributed by atoms with Crippen molar-refractivity contribution in [1.29, 1.82) is 0 Å². The van der Waals surface area contributed by atoms with Crippen molar-refractivity contribution in [3.05, 3.63) is 63.2 Å². The zero-order valence-corrected chi connectivity index (χ0v) is 12.3. The third-order valence-electron chi connectivity index (χ3n) is 2.89. The van der Waals surface area contributed by atoms with Crippen LogP contribution in [0, 0.1) is 10.1 Å². The fourth-order valence-electron chi connectivity index (χ4n) is 1.90. The minimum absolute atomic E-state index is 0.0215. The van der Waals surface area contributed by atoms with Crippen LogP contribution >= 0.6 is 11.6 Å². The highest BCUT2D eigenvalue weighted by Gasteiger charge is 2.28. The second-order valence-corrected chi connectivity index (χ2v) is 6.51. The molecule has 2 aromatic carbocycles. The first-order valence-electron chi connectivity index (χ1n) is 5.85. The van der Waals surface area contributed by atoms with E-state index in [0.717, 1.165) is 6.07 Å². The van der Waals surface area contributed by atoms with Gasteiger partial charge in [-0.1, -0.05) is 29.8 Å². The van der Waals surface area contributed by atoms with Crippen LogP contribution in [-0.2, 0) is 16.4 Å². The molecule has 110 valence electrons. The second kappa shape index (κ2) is 5.80. The summed E-state index contributed by atoms with van der Waals surface area (Å²) >= 11 is 5.83. The van der Waals surface area contributed by atoms with Gasteiger partial charge in [-0.15, -0.1) is 0 Å². The maximum Gasteiger partial charge on any atom is 0.288 e. The van der Waals surface area contributed by atoms with Crippen LogP contribution in [0.25, 0.3) is 0 Å². The summed E-state index contributed by atoms with van der Waals surface area (Å²) in [4.78, 5) is 9.77. The van der Waals surface area contributed by atoms with E-state index in [-0.39, 0.29) is 21.4 Å². The summed E-state index contributed by atoms with van der Waals surface area (Å²) in [6, 6.07) is 9.40. The van der Waals surface area contributed by atoms with Crippen molar-refractivity contribution in [2.75, 3.05) is 0 Å². The lowest BCUT2D eigenvalue weighted by Gasteiger charge is -2.10. The molecule has 0 radical (unpaired) electrons. The SMILES string of the molecule is NCc1ccc(Cl)cc1S(=O)(=O)c1ccccc1[N+](=O)[O-]. The molecule has 0 heterocycles. The Bertz CT molecular complexity index is 806. The molecule has 0 saturated heterocycles. The lowest BCUT2D eigenvalue weighted by molar-refractivity contribution is -0.387. The maximum absolute atomic E-state index is 12.7. The van der Waals surface area contributed by atoms with Crippen LogP contribution in [0.15, 0.2) is 52.3 Å². The van der Waals surface area contributed by atoms with E-state index in [1.165, 1.54) is 36.4 Å². The Morgan fingerprint density at radius 3 is 2.43 bits per heavy atom. The third kappa shape index (κ3) is 2.90. The van der Waals surface area contributed by atoms with Gasteiger partial charge in [-0.3, -0.25) is 10.1 Å². The molecule has 0 atom stereocenters. The first-order chi connectivity index (χ1) is 9.87. The van der Waals surface area contributed by atoms with Gasteiger partial charge < -0.3 is 5.73 Å². The predicted octanol–water partition coefficient (Wildman–Crippen LogP) is 2.54. The molecule has 2 N–H and O–H groups in total. The largest absolute Gasteiger partial charge is 0.326 e. The molecule has 6 nitrogen and oxygen atoms in total. The second-order valence-electron chi connectivity index (χ2n) is 4.18. The molecule has 0 aliphatic carbocycles. The Kier molecular flexibility index (Phi) is 4.26. The molecule has 0 fully saturated rings. The highest BCUT2D eigenvalue weighted by Crippen LogP contribution is 2.32. The highest BCUT2D eigenvalue weighted by molar-refractivity contribution is 7.91. The molecular weight excluding hydrogens is 316 g/mol. The summed E-state index contributed by atoms with van der Waals surface area (Å²) < 4.78 is 25.3. The van der Waals surface area contributed by atoms with Gasteiger partial charge in [0.1, 0.15) is 4.90 Å². The molecule has 2 aromatic rings. The summed E-state index contributed by atoms with van der Waals surface area (Å²) in [5, 5.41) is 11.2. The first kappa shape index (κ1) is 15.4. The minimum atomic E-state index is -4.09. The Balaban J connectivity index is 2.75. The van der Waals surface area contributed by atoms with Crippen LogP contribution < -0.4 is 5.73 Å². The number of benzene rings is 2. The summed E-state index contributed by atoms with van der Waals surface area (Å²) in [6.07, 6.45) is 0. The number of nitro groups is 1. The molecule has 0 bridgehead atoms. The fraction of sp³-hybridized carbons (Fsp3) is 0.0769. The van der Waals surface area contributed by atoms with Crippen molar-refractivity contribution < 1.29 is 13.3 Å². The summed E-state index contributed by atoms with van der Waals surface area (Å²) in [6.45, 7) is -0.0215. The average molecular weight is 327 g/mol. The number of halogens is 1. The van der Waals surface area contributed by atoms with E-state index < -0.39 is 20.4 Å². The van der Waals surface area contributed by atoms with E-state index in [2.05, 4.69) is 0 Å². The predicted molar refractivity (Wildman–Crippen MR) is 77.9 cm³/mol. The molecule has 0 unspecified atom stereocenters. The number of nitrogens with zero attached hydrogens (tertiary/aromatic N) is 1. The Hall–Kier alpha value is -1.96. The zero-order chi connectivity index (χ0) is 15.6. The molecule has 0 aliphatic heterocycles. The molecule has 8 heteroatoms. The van der Waals surface area contributed by atoms with Crippen molar-refractivity contribution in [3.63, 3.8) is 0 Å². The smallest absolute Gasteiger partial charge is 0.288 e. The van der Waals surface area contributed by atoms with E-state index in [0.29, 0.717) is 5.56 Å². The molecule has 0 aromatic heterocycles. The normalized spacial score (nSPS) is 11.3. The van der Waals surface area contributed by atoms with E-state index in [4.69, 9.17) is 17.3 Å². The van der Waals surface area contributed by atoms with Crippen LogP contribution in [0.5, 0.6) is 0 Å². The summed E-state index contributed by atoms with van der Waals surface area (Å²) in [7, 11) is -4.09. The van der Waals surface area contributed by atoms with Crippen LogP contribution in [0.1, 0.15) is 5.56 Å². The number of nitrogens with two attached hydrogens (primary N) is 1. The summed E-state index contributed by atoms with van der Waals surface area (Å²) in [5.41, 5.74) is 5.39. The van der Waals surface area contributed by atoms with E-state index in [1.54, 1.807) is 0 Å². The molecule has 0 amide bonds. The van der Waals surface area contributed by atoms with Crippen molar-refractivity contribution >= 4 is 27.1 Å². The van der Waals surface area contributed by atoms with Crippen LogP contribution in [0.2, 0.25) is 5.02 Å². The van der Waals surface area contributed by atoms with E-state index in [1.807, 2.05) is 0 Å². The van der Waals surface area contributed by atoms with Crippen LogP contribution in [-0.4, -0.2) is 13.3 Å². The number of sulfone groups is 1. The number of nitro benzene ring substituents is 1. The average Bonchev–Trinajstić information content (AvgIpc) is 2.47. The number of para-hydroxylation sites is 1. The van der Waals surface area contributed by atoms with Crippen LogP contribution in [0.3, 0.4) is 0 Å². The molecular formula is C13H11ClN2O4S. The van der Waals surface area contributed by atoms with Gasteiger partial charge in [-0.2, -0.15) is 0 Å². The standard InChI is InChI=1S/C13H11ClN2O4S/c14-10-6-5-9(8-15)13(7-10)21(19,20)12-4-2-1-3-11(12)16(17)18/h1-7H,8,15H2. The van der Waals surface area contributed by atoms with Crippen molar-refractivity contribution in [1.82, 2.24) is 0 Å². The highest BCUT2D eigenvalue weighted by atomic mass is 35.5. The third-order valence-corrected chi connectivity index (χ3v) is 5.01. The van der Waals surface area contributed by atoms with Crippen LogP contribution in [0.4, 0.5) is 5.69 Å². The Morgan fingerprint density at radius 1 is 1.14 bits per heavy atom. The first-order valence-corrected chi connectivity index (χ1v) is 7.71. The molecule has 0 spiro atoms. The van der Waals surface area contributed by atoms with Gasteiger partial charge in [-0.25, -0.2) is 8.42 Å². The molecule has 0 aliphatic rings. The molecule has 0 saturated carbocycles. The Morgan fingerprint density at radius 2 is 1.81 bits per heavy atom. The number of hydrogen-bond donors (Lipinski definition) is 1. The van der Waals surface area contributed by atoms with E-state index in [9.17, 15) is 18.5 Å². The molecule has 21 heavy (non-hydrogen) atoms. The Labute approximate surface area is 126 Å². The van der Waals surface area contributed by atoms with E-state index >= 15 is 0 Å². The number of hydrogen-bond acceptors (Lipinski definition) is 5. The monoisotopic (exact) mass is 326 g/mol. The van der Waals surface area contributed by atoms with Gasteiger partial charge in [-0.05, 0) is 23.8 Å². The fourth-order valence-corrected chi connectivity index (χ4v) is 3.83.